The number of carbonyl (C=O) groups is 1. The van der Waals surface area contributed by atoms with E-state index in [1.54, 1.807) is 14.2 Å². The lowest BCUT2D eigenvalue weighted by atomic mass is 9.78. The summed E-state index contributed by atoms with van der Waals surface area (Å²) in [6.07, 6.45) is 9.99. The Balaban J connectivity index is 0.000000668. The highest BCUT2D eigenvalue weighted by molar-refractivity contribution is 5.79. The van der Waals surface area contributed by atoms with Crippen LogP contribution in [0.5, 0.6) is 11.5 Å². The Morgan fingerprint density at radius 3 is 2.34 bits per heavy atom. The number of carbonyl (C=O) groups excluding carboxylic acids is 1. The Morgan fingerprint density at radius 2 is 1.69 bits per heavy atom. The highest BCUT2D eigenvalue weighted by Crippen LogP contribution is 2.36. The topological polar surface area (TPSA) is 45.2 Å². The van der Waals surface area contributed by atoms with Gasteiger partial charge in [-0.15, -0.1) is 0 Å². The number of hydrogen-bond donors (Lipinski definition) is 0. The highest BCUT2D eigenvalue weighted by atomic mass is 16.5. The summed E-state index contributed by atoms with van der Waals surface area (Å²) in [6, 6.07) is 6.99. The van der Waals surface area contributed by atoms with Gasteiger partial charge in [0.25, 0.3) is 0 Å². The summed E-state index contributed by atoms with van der Waals surface area (Å²) in [6.45, 7) is 2.24. The van der Waals surface area contributed by atoms with Crippen LogP contribution >= 0.6 is 0 Å². The molecule has 1 aliphatic heterocycles. The van der Waals surface area contributed by atoms with E-state index in [2.05, 4.69) is 15.9 Å². The molecule has 4 rings (SSSR count). The molecule has 0 N–H and O–H groups in total. The molecule has 3 aliphatic rings. The fourth-order valence-electron chi connectivity index (χ4n) is 5.15. The van der Waals surface area contributed by atoms with Crippen LogP contribution in [0.3, 0.4) is 0 Å². The van der Waals surface area contributed by atoms with E-state index in [0.717, 1.165) is 36.1 Å². The van der Waals surface area contributed by atoms with Gasteiger partial charge < -0.3 is 19.3 Å². The van der Waals surface area contributed by atoms with Crippen molar-refractivity contribution in [2.45, 2.75) is 70.0 Å². The number of hydrogen-bond acceptors (Lipinski definition) is 5. The predicted octanol–water partition coefficient (Wildman–Crippen LogP) is 4.03. The van der Waals surface area contributed by atoms with E-state index in [0.29, 0.717) is 24.5 Å². The summed E-state index contributed by atoms with van der Waals surface area (Å²) in [4.78, 5) is 19.9. The van der Waals surface area contributed by atoms with E-state index in [1.807, 2.05) is 38.2 Å². The maximum absolute atomic E-state index is 13.3. The molecule has 0 radical (unpaired) electrons. The summed E-state index contributed by atoms with van der Waals surface area (Å²) in [7, 11) is 9.36. The Bertz CT molecular complexity index is 730. The zero-order valence-corrected chi connectivity index (χ0v) is 20.8. The second-order valence-electron chi connectivity index (χ2n) is 10.00. The van der Waals surface area contributed by atoms with Gasteiger partial charge in [0.2, 0.25) is 5.91 Å². The summed E-state index contributed by atoms with van der Waals surface area (Å²) in [5, 5.41) is 0. The number of piperidine rings is 1. The zero-order valence-electron chi connectivity index (χ0n) is 20.8. The van der Waals surface area contributed by atoms with Gasteiger partial charge in [0.15, 0.2) is 0 Å². The lowest BCUT2D eigenvalue weighted by Gasteiger charge is -2.44. The summed E-state index contributed by atoms with van der Waals surface area (Å²) in [5.74, 6) is 2.70. The Labute approximate surface area is 194 Å². The fraction of sp³-hybridized carbons (Fsp3) is 0.731. The van der Waals surface area contributed by atoms with Crippen LogP contribution in [-0.2, 0) is 11.3 Å². The first kappa shape index (κ1) is 24.8. The molecule has 3 fully saturated rings. The van der Waals surface area contributed by atoms with Crippen molar-refractivity contribution in [1.29, 1.82) is 0 Å². The minimum atomic E-state index is 0.330. The van der Waals surface area contributed by atoms with Crippen LogP contribution in [0.4, 0.5) is 0 Å². The van der Waals surface area contributed by atoms with Crippen LogP contribution in [0.2, 0.25) is 0 Å². The number of benzene rings is 1. The van der Waals surface area contributed by atoms with Crippen molar-refractivity contribution in [2.75, 3.05) is 48.5 Å². The van der Waals surface area contributed by atoms with Crippen molar-refractivity contribution in [3.05, 3.63) is 23.8 Å². The quantitative estimate of drug-likeness (QED) is 0.634. The largest absolute Gasteiger partial charge is 0.497 e. The maximum atomic E-state index is 13.3. The molecule has 6 nitrogen and oxygen atoms in total. The Morgan fingerprint density at radius 1 is 1.00 bits per heavy atom. The second-order valence-corrected chi connectivity index (χ2v) is 10.00. The predicted molar refractivity (Wildman–Crippen MR) is 129 cm³/mol. The van der Waals surface area contributed by atoms with Crippen molar-refractivity contribution in [3.63, 3.8) is 0 Å². The van der Waals surface area contributed by atoms with Gasteiger partial charge in [0, 0.05) is 36.8 Å². The molecule has 32 heavy (non-hydrogen) atoms. The number of fused-ring (bicyclic) bond motifs is 1. The molecule has 1 saturated heterocycles. The first-order valence-corrected chi connectivity index (χ1v) is 12.3. The number of amides is 1. The van der Waals surface area contributed by atoms with Gasteiger partial charge in [0.05, 0.1) is 20.8 Å². The second kappa shape index (κ2) is 11.9. The minimum Gasteiger partial charge on any atom is -0.497 e. The molecule has 2 atom stereocenters. The number of rotatable bonds is 7. The number of likely N-dealkylation sites (tertiary alicyclic amines) is 1. The van der Waals surface area contributed by atoms with Crippen LogP contribution in [0, 0.1) is 5.92 Å². The molecule has 0 bridgehead atoms. The Hall–Kier alpha value is -1.79. The molecule has 0 spiro atoms. The molecule has 2 aliphatic carbocycles. The molecule has 6 heteroatoms. The fourth-order valence-corrected chi connectivity index (χ4v) is 5.15. The van der Waals surface area contributed by atoms with Crippen LogP contribution < -0.4 is 9.47 Å². The monoisotopic (exact) mass is 445 g/mol. The first-order valence-electron chi connectivity index (χ1n) is 12.3. The van der Waals surface area contributed by atoms with E-state index in [-0.39, 0.29) is 0 Å². The molecule has 1 heterocycles. The lowest BCUT2D eigenvalue weighted by Crippen LogP contribution is -2.52. The van der Waals surface area contributed by atoms with Crippen LogP contribution in [0.1, 0.15) is 56.9 Å². The average molecular weight is 446 g/mol. The SMILES string of the molecule is CN(C)C.COc1ccc(CN(CC(=O)N2CCCC3CCCC[C@@H]32)C2CC2)c(OC)c1. The van der Waals surface area contributed by atoms with Crippen molar-refractivity contribution >= 4 is 5.91 Å². The third-order valence-electron chi connectivity index (χ3n) is 6.83. The van der Waals surface area contributed by atoms with Crippen LogP contribution in [0.25, 0.3) is 0 Å². The molecular weight excluding hydrogens is 402 g/mol. The normalized spacial score (nSPS) is 22.8. The van der Waals surface area contributed by atoms with E-state index in [1.165, 1.54) is 51.4 Å². The molecule has 1 aromatic carbocycles. The van der Waals surface area contributed by atoms with Crippen molar-refractivity contribution < 1.29 is 14.3 Å². The molecule has 180 valence electrons. The van der Waals surface area contributed by atoms with Gasteiger partial charge in [-0.2, -0.15) is 0 Å². The number of methoxy groups -OCH3 is 2. The number of ether oxygens (including phenoxy) is 2. The first-order chi connectivity index (χ1) is 15.4. The summed E-state index contributed by atoms with van der Waals surface area (Å²) in [5.41, 5.74) is 1.12. The highest BCUT2D eigenvalue weighted by Gasteiger charge is 2.38. The van der Waals surface area contributed by atoms with E-state index in [4.69, 9.17) is 9.47 Å². The van der Waals surface area contributed by atoms with Gasteiger partial charge in [0.1, 0.15) is 11.5 Å². The third-order valence-corrected chi connectivity index (χ3v) is 6.83. The van der Waals surface area contributed by atoms with Gasteiger partial charge in [-0.3, -0.25) is 9.69 Å². The zero-order chi connectivity index (χ0) is 23.1. The Kier molecular flexibility index (Phi) is 9.23. The maximum Gasteiger partial charge on any atom is 0.237 e. The smallest absolute Gasteiger partial charge is 0.237 e. The van der Waals surface area contributed by atoms with E-state index in [9.17, 15) is 4.79 Å². The number of nitrogens with zero attached hydrogens (tertiary/aromatic N) is 3. The van der Waals surface area contributed by atoms with E-state index < -0.39 is 0 Å². The van der Waals surface area contributed by atoms with Crippen LogP contribution in [-0.4, -0.2) is 81.1 Å². The average Bonchev–Trinajstić information content (AvgIpc) is 3.63. The van der Waals surface area contributed by atoms with E-state index >= 15 is 0 Å². The molecule has 1 amide bonds. The van der Waals surface area contributed by atoms with Crippen LogP contribution in [0.15, 0.2) is 18.2 Å². The van der Waals surface area contributed by atoms with Gasteiger partial charge in [-0.05, 0) is 71.7 Å². The molecule has 1 aromatic rings. The van der Waals surface area contributed by atoms with Crippen molar-refractivity contribution in [3.8, 4) is 11.5 Å². The summed E-state index contributed by atoms with van der Waals surface area (Å²) < 4.78 is 10.9. The van der Waals surface area contributed by atoms with Crippen molar-refractivity contribution in [2.24, 2.45) is 5.92 Å². The van der Waals surface area contributed by atoms with Gasteiger partial charge in [-0.25, -0.2) is 0 Å². The molecule has 1 unspecified atom stereocenters. The molecule has 2 saturated carbocycles. The lowest BCUT2D eigenvalue weighted by molar-refractivity contribution is -0.139. The van der Waals surface area contributed by atoms with Gasteiger partial charge >= 0.3 is 0 Å². The minimum absolute atomic E-state index is 0.330. The standard InChI is InChI=1S/C23H34N2O3.C3H9N/c1-27-20-12-9-18(22(14-20)28-2)15-24(19-10-11-19)16-23(26)25-13-5-7-17-6-3-4-8-21(17)25;1-4(2)3/h9,12,14,17,19,21H,3-8,10-11,13,15-16H2,1-2H3;1-3H3/t17?,21-;/m0./s1. The molecule has 0 aromatic heterocycles. The third kappa shape index (κ3) is 6.85. The summed E-state index contributed by atoms with van der Waals surface area (Å²) >= 11 is 0. The van der Waals surface area contributed by atoms with Crippen molar-refractivity contribution in [1.82, 2.24) is 14.7 Å². The van der Waals surface area contributed by atoms with Gasteiger partial charge in [-0.1, -0.05) is 18.9 Å². The molecular formula is C26H43N3O3.